The van der Waals surface area contributed by atoms with Crippen LogP contribution in [-0.2, 0) is 17.8 Å². The molecule has 0 aliphatic heterocycles. The molecular weight excluding hydrogens is 302 g/mol. The van der Waals surface area contributed by atoms with Crippen molar-refractivity contribution >= 4 is 5.97 Å². The molecule has 4 nitrogen and oxygen atoms in total. The number of nitrogens with two attached hydrogens (primary N) is 1. The van der Waals surface area contributed by atoms with Gasteiger partial charge in [0, 0.05) is 13.0 Å². The van der Waals surface area contributed by atoms with Gasteiger partial charge in [0.15, 0.2) is 0 Å². The zero-order chi connectivity index (χ0) is 17.4. The molecule has 0 fully saturated rings. The van der Waals surface area contributed by atoms with Crippen LogP contribution in [0, 0.1) is 0 Å². The van der Waals surface area contributed by atoms with Crippen molar-refractivity contribution in [3.05, 3.63) is 70.8 Å². The van der Waals surface area contributed by atoms with Gasteiger partial charge in [-0.3, -0.25) is 4.79 Å². The number of carboxylic acids is 1. The second kappa shape index (κ2) is 9.21. The number of aliphatic carboxylic acids is 1. The first-order valence-corrected chi connectivity index (χ1v) is 8.37. The topological polar surface area (TPSA) is 83.5 Å². The van der Waals surface area contributed by atoms with E-state index in [-0.39, 0.29) is 6.42 Å². The molecule has 0 heterocycles. The number of rotatable bonds is 9. The molecule has 2 rings (SSSR count). The number of carboxylic acid groups (broad SMARTS) is 1. The molecule has 0 radical (unpaired) electrons. The molecule has 128 valence electrons. The smallest absolute Gasteiger partial charge is 0.303 e. The van der Waals surface area contributed by atoms with Crippen LogP contribution >= 0.6 is 0 Å². The predicted molar refractivity (Wildman–Crippen MR) is 94.6 cm³/mol. The van der Waals surface area contributed by atoms with Crippen LogP contribution < -0.4 is 5.73 Å². The normalized spacial score (nSPS) is 12.1. The van der Waals surface area contributed by atoms with Crippen LogP contribution in [0.5, 0.6) is 0 Å². The van der Waals surface area contributed by atoms with Crippen LogP contribution in [0.15, 0.2) is 48.5 Å². The molecule has 4 N–H and O–H groups in total. The maximum absolute atomic E-state index is 10.5. The van der Waals surface area contributed by atoms with Crippen molar-refractivity contribution in [3.8, 4) is 0 Å². The van der Waals surface area contributed by atoms with E-state index in [0.717, 1.165) is 42.4 Å². The van der Waals surface area contributed by atoms with Gasteiger partial charge < -0.3 is 15.9 Å². The van der Waals surface area contributed by atoms with E-state index in [1.54, 1.807) is 0 Å². The van der Waals surface area contributed by atoms with Gasteiger partial charge in [0.2, 0.25) is 0 Å². The third kappa shape index (κ3) is 5.48. The Morgan fingerprint density at radius 1 is 0.875 bits per heavy atom. The van der Waals surface area contributed by atoms with Crippen molar-refractivity contribution in [3.63, 3.8) is 0 Å². The molecule has 0 spiro atoms. The van der Waals surface area contributed by atoms with Gasteiger partial charge in [-0.25, -0.2) is 0 Å². The first-order chi connectivity index (χ1) is 11.6. The summed E-state index contributed by atoms with van der Waals surface area (Å²) in [4.78, 5) is 10.5. The lowest BCUT2D eigenvalue weighted by Crippen LogP contribution is -2.01. The molecule has 0 saturated heterocycles. The molecule has 1 atom stereocenters. The zero-order valence-corrected chi connectivity index (χ0v) is 13.8. The summed E-state index contributed by atoms with van der Waals surface area (Å²) in [7, 11) is 0. The second-order valence-corrected chi connectivity index (χ2v) is 6.04. The summed E-state index contributed by atoms with van der Waals surface area (Å²) in [6.07, 6.45) is 3.17. The summed E-state index contributed by atoms with van der Waals surface area (Å²) >= 11 is 0. The van der Waals surface area contributed by atoms with Crippen molar-refractivity contribution in [2.45, 2.75) is 44.8 Å². The Kier molecular flexibility index (Phi) is 6.97. The zero-order valence-electron chi connectivity index (χ0n) is 13.8. The molecule has 0 aliphatic carbocycles. The van der Waals surface area contributed by atoms with E-state index < -0.39 is 12.1 Å². The highest BCUT2D eigenvalue weighted by molar-refractivity contribution is 5.66. The number of unbranched alkanes of at least 4 members (excludes halogenated alkanes) is 2. The van der Waals surface area contributed by atoms with Crippen LogP contribution in [0.1, 0.15) is 54.0 Å². The van der Waals surface area contributed by atoms with Crippen LogP contribution in [0.2, 0.25) is 0 Å². The van der Waals surface area contributed by atoms with E-state index in [0.29, 0.717) is 6.54 Å². The molecule has 2 aromatic carbocycles. The Hall–Kier alpha value is -2.17. The van der Waals surface area contributed by atoms with E-state index >= 15 is 0 Å². The fourth-order valence-corrected chi connectivity index (χ4v) is 2.68. The quantitative estimate of drug-likeness (QED) is 0.616. The van der Waals surface area contributed by atoms with Crippen molar-refractivity contribution in [1.82, 2.24) is 0 Å². The Balaban J connectivity index is 1.87. The van der Waals surface area contributed by atoms with Gasteiger partial charge in [-0.1, -0.05) is 55.0 Å². The fraction of sp³-hybridized carbons (Fsp3) is 0.350. The molecule has 0 bridgehead atoms. The molecule has 0 aromatic heterocycles. The summed E-state index contributed by atoms with van der Waals surface area (Å²) in [5.74, 6) is -0.729. The Labute approximate surface area is 142 Å². The number of aliphatic hydroxyl groups is 1. The largest absolute Gasteiger partial charge is 0.481 e. The highest BCUT2D eigenvalue weighted by Gasteiger charge is 2.10. The lowest BCUT2D eigenvalue weighted by molar-refractivity contribution is -0.137. The minimum absolute atomic E-state index is 0.244. The Morgan fingerprint density at radius 3 is 1.92 bits per heavy atom. The van der Waals surface area contributed by atoms with Crippen molar-refractivity contribution in [1.29, 1.82) is 0 Å². The lowest BCUT2D eigenvalue weighted by Gasteiger charge is -2.13. The average Bonchev–Trinajstić information content (AvgIpc) is 2.61. The Morgan fingerprint density at radius 2 is 1.42 bits per heavy atom. The van der Waals surface area contributed by atoms with Crippen molar-refractivity contribution < 1.29 is 15.0 Å². The Bertz CT molecular complexity index is 635. The molecule has 0 saturated carbocycles. The van der Waals surface area contributed by atoms with Gasteiger partial charge >= 0.3 is 5.97 Å². The number of benzene rings is 2. The molecule has 24 heavy (non-hydrogen) atoms. The van der Waals surface area contributed by atoms with E-state index in [4.69, 9.17) is 10.8 Å². The fourth-order valence-electron chi connectivity index (χ4n) is 2.68. The maximum Gasteiger partial charge on any atom is 0.303 e. The van der Waals surface area contributed by atoms with Gasteiger partial charge in [-0.05, 0) is 41.5 Å². The SMILES string of the molecule is NCc1ccc(C(O)c2ccc(CCCCCC(=O)O)cc2)cc1. The second-order valence-electron chi connectivity index (χ2n) is 6.04. The van der Waals surface area contributed by atoms with Gasteiger partial charge in [0.05, 0.1) is 0 Å². The van der Waals surface area contributed by atoms with Crippen molar-refractivity contribution in [2.24, 2.45) is 5.73 Å². The minimum Gasteiger partial charge on any atom is -0.481 e. The third-order valence-corrected chi connectivity index (χ3v) is 4.18. The molecule has 0 aliphatic rings. The minimum atomic E-state index is -0.729. The van der Waals surface area contributed by atoms with Gasteiger partial charge in [-0.2, -0.15) is 0 Å². The molecule has 4 heteroatoms. The summed E-state index contributed by atoms with van der Waals surface area (Å²) in [6, 6.07) is 15.6. The summed E-state index contributed by atoms with van der Waals surface area (Å²) in [6.45, 7) is 0.498. The molecule has 2 aromatic rings. The van der Waals surface area contributed by atoms with E-state index in [9.17, 15) is 9.90 Å². The van der Waals surface area contributed by atoms with E-state index in [1.165, 1.54) is 5.56 Å². The standard InChI is InChI=1S/C20H25NO3/c21-14-16-8-12-18(13-9-16)20(24)17-10-6-15(7-11-17)4-2-1-3-5-19(22)23/h6-13,20,24H,1-5,14,21H2,(H,22,23). The number of aliphatic hydroxyl groups excluding tert-OH is 1. The summed E-state index contributed by atoms with van der Waals surface area (Å²) < 4.78 is 0. The highest BCUT2D eigenvalue weighted by atomic mass is 16.4. The number of carbonyl (C=O) groups is 1. The number of aryl methyl sites for hydroxylation is 1. The monoisotopic (exact) mass is 327 g/mol. The third-order valence-electron chi connectivity index (χ3n) is 4.18. The summed E-state index contributed by atoms with van der Waals surface area (Å²) in [5.41, 5.74) is 9.56. The highest BCUT2D eigenvalue weighted by Crippen LogP contribution is 2.23. The van der Waals surface area contributed by atoms with Crippen LogP contribution in [0.4, 0.5) is 0 Å². The maximum atomic E-state index is 10.5. The van der Waals surface area contributed by atoms with Gasteiger partial charge in [-0.15, -0.1) is 0 Å². The first kappa shape index (κ1) is 18.2. The van der Waals surface area contributed by atoms with E-state index in [2.05, 4.69) is 0 Å². The number of hydrogen-bond acceptors (Lipinski definition) is 3. The lowest BCUT2D eigenvalue weighted by atomic mass is 9.98. The summed E-state index contributed by atoms with van der Waals surface area (Å²) in [5, 5.41) is 19.1. The molecule has 0 amide bonds. The van der Waals surface area contributed by atoms with Gasteiger partial charge in [0.1, 0.15) is 6.10 Å². The number of hydrogen-bond donors (Lipinski definition) is 3. The van der Waals surface area contributed by atoms with Crippen LogP contribution in [0.3, 0.4) is 0 Å². The van der Waals surface area contributed by atoms with E-state index in [1.807, 2.05) is 48.5 Å². The van der Waals surface area contributed by atoms with Crippen LogP contribution in [-0.4, -0.2) is 16.2 Å². The molecule has 1 unspecified atom stereocenters. The van der Waals surface area contributed by atoms with Gasteiger partial charge in [0.25, 0.3) is 0 Å². The average molecular weight is 327 g/mol. The van der Waals surface area contributed by atoms with Crippen molar-refractivity contribution in [2.75, 3.05) is 0 Å². The molecular formula is C20H25NO3. The first-order valence-electron chi connectivity index (χ1n) is 8.37. The van der Waals surface area contributed by atoms with Crippen LogP contribution in [0.25, 0.3) is 0 Å². The predicted octanol–water partition coefficient (Wildman–Crippen LogP) is 3.41.